The van der Waals surface area contributed by atoms with Gasteiger partial charge in [-0.1, -0.05) is 17.7 Å². The highest BCUT2D eigenvalue weighted by atomic mass is 32.2. The highest BCUT2D eigenvalue weighted by Crippen LogP contribution is 2.45. The van der Waals surface area contributed by atoms with E-state index in [0.717, 1.165) is 5.56 Å². The maximum absolute atomic E-state index is 12.5. The molecule has 0 amide bonds. The lowest BCUT2D eigenvalue weighted by molar-refractivity contribution is -0.384. The van der Waals surface area contributed by atoms with Gasteiger partial charge in [0, 0.05) is 18.8 Å². The van der Waals surface area contributed by atoms with E-state index in [1.165, 1.54) is 50.0 Å². The van der Waals surface area contributed by atoms with Crippen LogP contribution in [-0.2, 0) is 23.4 Å². The zero-order valence-corrected chi connectivity index (χ0v) is 17.2. The van der Waals surface area contributed by atoms with Crippen molar-refractivity contribution in [3.63, 3.8) is 0 Å². The first-order valence-corrected chi connectivity index (χ1v) is 11.5. The third-order valence-corrected chi connectivity index (χ3v) is 6.04. The van der Waals surface area contributed by atoms with Crippen LogP contribution in [0.2, 0.25) is 0 Å². The smallest absolute Gasteiger partial charge is 0.376 e. The van der Waals surface area contributed by atoms with Gasteiger partial charge in [0.2, 0.25) is 0 Å². The van der Waals surface area contributed by atoms with Crippen molar-refractivity contribution in [3.05, 3.63) is 64.2 Å². The summed E-state index contributed by atoms with van der Waals surface area (Å²) in [6.45, 7) is 4.16. The summed E-state index contributed by atoms with van der Waals surface area (Å²) < 4.78 is 52.3. The average Bonchev–Trinajstić information content (AvgIpc) is 2.60. The van der Waals surface area contributed by atoms with E-state index in [0.29, 0.717) is 0 Å². The lowest BCUT2D eigenvalue weighted by atomic mass is 10.2. The quantitative estimate of drug-likeness (QED) is 0.254. The van der Waals surface area contributed by atoms with Gasteiger partial charge in [0.25, 0.3) is 15.8 Å². The van der Waals surface area contributed by atoms with E-state index in [4.69, 9.17) is 13.2 Å². The molecule has 0 aliphatic carbocycles. The summed E-state index contributed by atoms with van der Waals surface area (Å²) in [4.78, 5) is 10.1. The minimum Gasteiger partial charge on any atom is -0.425 e. The topological polar surface area (TPSA) is 122 Å². The molecule has 0 saturated carbocycles. The van der Waals surface area contributed by atoms with E-state index < -0.39 is 28.7 Å². The SMILES string of the molecule is Cc1ccc(S(=O)(=O)OCC(C)OP(C)(=O)Oc2ccc([N+](=O)[O-])cc2)cc1. The summed E-state index contributed by atoms with van der Waals surface area (Å²) in [5, 5.41) is 10.6. The van der Waals surface area contributed by atoms with Gasteiger partial charge in [-0.3, -0.25) is 18.8 Å². The van der Waals surface area contributed by atoms with E-state index in [-0.39, 0.29) is 22.9 Å². The Bertz CT molecular complexity index is 973. The Hall–Kier alpha value is -2.26. The van der Waals surface area contributed by atoms with Gasteiger partial charge in [-0.05, 0) is 38.1 Å². The molecular formula is C17H20NO8PS. The van der Waals surface area contributed by atoms with Crippen molar-refractivity contribution in [3.8, 4) is 5.75 Å². The van der Waals surface area contributed by atoms with Crippen LogP contribution in [-0.4, -0.2) is 32.7 Å². The molecule has 2 aromatic carbocycles. The Morgan fingerprint density at radius 3 is 2.21 bits per heavy atom. The number of nitro benzene ring substituents is 1. The second kappa shape index (κ2) is 8.83. The molecule has 0 N–H and O–H groups in total. The molecule has 0 aromatic heterocycles. The van der Waals surface area contributed by atoms with Gasteiger partial charge in [0.15, 0.2) is 0 Å². The van der Waals surface area contributed by atoms with Crippen LogP contribution in [0.3, 0.4) is 0 Å². The molecule has 11 heteroatoms. The maximum atomic E-state index is 12.5. The van der Waals surface area contributed by atoms with Crippen LogP contribution >= 0.6 is 7.60 Å². The van der Waals surface area contributed by atoms with Gasteiger partial charge in [0.1, 0.15) is 5.75 Å². The third kappa shape index (κ3) is 6.42. The summed E-state index contributed by atoms with van der Waals surface area (Å²) in [6, 6.07) is 11.1. The number of nitro groups is 1. The molecule has 0 heterocycles. The summed E-state index contributed by atoms with van der Waals surface area (Å²) in [7, 11) is -7.59. The fourth-order valence-electron chi connectivity index (χ4n) is 2.16. The Morgan fingerprint density at radius 2 is 1.68 bits per heavy atom. The summed E-state index contributed by atoms with van der Waals surface area (Å²) >= 11 is 0. The lowest BCUT2D eigenvalue weighted by Gasteiger charge is -2.19. The molecule has 28 heavy (non-hydrogen) atoms. The van der Waals surface area contributed by atoms with E-state index in [9.17, 15) is 23.1 Å². The molecule has 2 atom stereocenters. The van der Waals surface area contributed by atoms with Crippen LogP contribution in [0.15, 0.2) is 53.4 Å². The fourth-order valence-corrected chi connectivity index (χ4v) is 4.40. The standard InChI is InChI=1S/C17H20NO8PS/c1-13-4-10-17(11-5-13)28(22,23)24-12-14(2)25-27(3,21)26-16-8-6-15(7-9-16)18(19)20/h4-11,14H,12H2,1-3H3. The Morgan fingerprint density at radius 1 is 1.11 bits per heavy atom. The van der Waals surface area contributed by atoms with Gasteiger partial charge >= 0.3 is 7.60 Å². The van der Waals surface area contributed by atoms with Crippen molar-refractivity contribution in [1.82, 2.24) is 0 Å². The number of benzene rings is 2. The predicted molar refractivity (Wildman–Crippen MR) is 102 cm³/mol. The van der Waals surface area contributed by atoms with Crippen molar-refractivity contribution in [2.24, 2.45) is 0 Å². The van der Waals surface area contributed by atoms with Gasteiger partial charge < -0.3 is 4.52 Å². The van der Waals surface area contributed by atoms with Crippen molar-refractivity contribution >= 4 is 23.4 Å². The van der Waals surface area contributed by atoms with Crippen LogP contribution in [0, 0.1) is 17.0 Å². The Labute approximate surface area is 163 Å². The van der Waals surface area contributed by atoms with E-state index >= 15 is 0 Å². The first kappa shape index (κ1) is 22.0. The normalized spacial score (nSPS) is 14.8. The molecule has 9 nitrogen and oxygen atoms in total. The molecule has 0 radical (unpaired) electrons. The minimum absolute atomic E-state index is 0.00658. The van der Waals surface area contributed by atoms with Crippen LogP contribution in [0.1, 0.15) is 12.5 Å². The zero-order chi connectivity index (χ0) is 20.9. The third-order valence-electron chi connectivity index (χ3n) is 3.46. The van der Waals surface area contributed by atoms with Gasteiger partial charge in [-0.25, -0.2) is 4.57 Å². The number of non-ortho nitro benzene ring substituents is 1. The molecule has 0 spiro atoms. The zero-order valence-electron chi connectivity index (χ0n) is 15.5. The monoisotopic (exact) mass is 429 g/mol. The van der Waals surface area contributed by atoms with Crippen LogP contribution < -0.4 is 4.52 Å². The van der Waals surface area contributed by atoms with E-state index in [1.807, 2.05) is 6.92 Å². The van der Waals surface area contributed by atoms with Crippen molar-refractivity contribution in [2.75, 3.05) is 13.3 Å². The van der Waals surface area contributed by atoms with Gasteiger partial charge in [0.05, 0.1) is 22.5 Å². The second-order valence-corrected chi connectivity index (χ2v) is 9.63. The van der Waals surface area contributed by atoms with Crippen LogP contribution in [0.5, 0.6) is 5.75 Å². The maximum Gasteiger partial charge on any atom is 0.376 e. The number of aryl methyl sites for hydroxylation is 1. The van der Waals surface area contributed by atoms with Crippen LogP contribution in [0.4, 0.5) is 5.69 Å². The van der Waals surface area contributed by atoms with Gasteiger partial charge in [-0.15, -0.1) is 0 Å². The lowest BCUT2D eigenvalue weighted by Crippen LogP contribution is -2.19. The largest absolute Gasteiger partial charge is 0.425 e. The van der Waals surface area contributed by atoms with Crippen molar-refractivity contribution in [2.45, 2.75) is 24.8 Å². The fraction of sp³-hybridized carbons (Fsp3) is 0.294. The van der Waals surface area contributed by atoms with Crippen molar-refractivity contribution < 1.29 is 31.1 Å². The number of hydrogen-bond acceptors (Lipinski definition) is 8. The predicted octanol–water partition coefficient (Wildman–Crippen LogP) is 3.92. The molecule has 0 saturated heterocycles. The molecule has 0 aliphatic rings. The van der Waals surface area contributed by atoms with E-state index in [1.54, 1.807) is 12.1 Å². The molecule has 0 aliphatic heterocycles. The molecule has 2 rings (SSSR count). The molecule has 2 aromatic rings. The highest BCUT2D eigenvalue weighted by molar-refractivity contribution is 7.86. The number of hydrogen-bond donors (Lipinski definition) is 0. The molecular weight excluding hydrogens is 409 g/mol. The average molecular weight is 429 g/mol. The Kier molecular flexibility index (Phi) is 6.95. The molecule has 0 fully saturated rings. The molecule has 0 bridgehead atoms. The Balaban J connectivity index is 1.93. The summed E-state index contributed by atoms with van der Waals surface area (Å²) in [5.74, 6) is 0.122. The first-order chi connectivity index (χ1) is 13.0. The molecule has 152 valence electrons. The number of rotatable bonds is 9. The summed E-state index contributed by atoms with van der Waals surface area (Å²) in [5.41, 5.74) is 0.772. The van der Waals surface area contributed by atoms with E-state index in [2.05, 4.69) is 0 Å². The van der Waals surface area contributed by atoms with Crippen molar-refractivity contribution in [1.29, 1.82) is 0 Å². The summed E-state index contributed by atoms with van der Waals surface area (Å²) in [6.07, 6.45) is -0.853. The molecule has 2 unspecified atom stereocenters. The highest BCUT2D eigenvalue weighted by Gasteiger charge is 2.25. The minimum atomic E-state index is -3.97. The first-order valence-electron chi connectivity index (χ1n) is 8.14. The van der Waals surface area contributed by atoms with Gasteiger partial charge in [-0.2, -0.15) is 8.42 Å². The van der Waals surface area contributed by atoms with Crippen LogP contribution in [0.25, 0.3) is 0 Å². The number of nitrogens with zero attached hydrogens (tertiary/aromatic N) is 1. The second-order valence-electron chi connectivity index (χ2n) is 6.08.